The van der Waals surface area contributed by atoms with Crippen molar-refractivity contribution in [1.29, 1.82) is 0 Å². The molecule has 6 aromatic carbocycles. The Morgan fingerprint density at radius 1 is 0.500 bits per heavy atom. The fraction of sp³-hybridized carbons (Fsp3) is 0.310. The SMILES string of the molecule is CN(C)CCC1CCc2cc(OCc3ccc(-c4ccccc4)cc3)ccc2C1OC(=O)/C=C/C(=O)OC1c2ccc(OCc3ccc(-c4ccccc4)cc3)cc2CCC1CCN(C)C. The number of benzene rings is 6. The molecule has 4 atom stereocenters. The predicted molar refractivity (Wildman–Crippen MR) is 262 cm³/mol. The molecule has 0 saturated heterocycles. The summed E-state index contributed by atoms with van der Waals surface area (Å²) in [7, 11) is 8.22. The first-order chi connectivity index (χ1) is 32.1. The standard InChI is InChI=1S/C58H62N2O6/c1-59(2)35-33-47-23-25-49-37-51(63-39-41-15-19-45(20-16-41)43-11-7-5-8-12-43)27-29-53(49)57(47)65-55(61)31-32-56(62)66-58-48(34-36-60(3)4)24-26-50-38-52(28-30-54(50)58)64-40-42-17-21-46(22-18-42)44-13-9-6-10-14-44/h5-22,27-32,37-38,47-48,57-58H,23-26,33-36,39-40H2,1-4H3/b32-31+. The van der Waals surface area contributed by atoms with Gasteiger partial charge in [-0.3, -0.25) is 0 Å². The van der Waals surface area contributed by atoms with E-state index in [1.807, 2.05) is 60.7 Å². The molecule has 0 saturated carbocycles. The minimum atomic E-state index is -0.566. The van der Waals surface area contributed by atoms with Crippen molar-refractivity contribution in [3.8, 4) is 33.8 Å². The van der Waals surface area contributed by atoms with Crippen LogP contribution in [0.25, 0.3) is 22.3 Å². The minimum Gasteiger partial charge on any atom is -0.489 e. The number of esters is 2. The zero-order valence-electron chi connectivity index (χ0n) is 38.7. The molecule has 4 unspecified atom stereocenters. The lowest BCUT2D eigenvalue weighted by molar-refractivity contribution is -0.150. The van der Waals surface area contributed by atoms with Crippen LogP contribution < -0.4 is 9.47 Å². The maximum Gasteiger partial charge on any atom is 0.331 e. The topological polar surface area (TPSA) is 77.5 Å². The molecule has 2 aliphatic rings. The Labute approximate surface area is 390 Å². The molecule has 0 radical (unpaired) electrons. The van der Waals surface area contributed by atoms with Gasteiger partial charge in [0.1, 0.15) is 36.9 Å². The molecule has 66 heavy (non-hydrogen) atoms. The van der Waals surface area contributed by atoms with E-state index in [9.17, 15) is 9.59 Å². The molecule has 0 aliphatic heterocycles. The highest BCUT2D eigenvalue weighted by Gasteiger charge is 2.34. The Bertz CT molecular complexity index is 2380. The molecule has 0 spiro atoms. The molecule has 0 aromatic heterocycles. The van der Waals surface area contributed by atoms with Crippen LogP contribution >= 0.6 is 0 Å². The Morgan fingerprint density at radius 3 is 1.26 bits per heavy atom. The highest BCUT2D eigenvalue weighted by atomic mass is 16.6. The van der Waals surface area contributed by atoms with Crippen LogP contribution in [0.5, 0.6) is 11.5 Å². The summed E-state index contributed by atoms with van der Waals surface area (Å²) in [4.78, 5) is 31.5. The number of carbonyl (C=O) groups is 2. The van der Waals surface area contributed by atoms with Gasteiger partial charge in [-0.05, 0) is 160 Å². The Kier molecular flexibility index (Phi) is 15.5. The smallest absolute Gasteiger partial charge is 0.331 e. The van der Waals surface area contributed by atoms with Gasteiger partial charge in [0, 0.05) is 24.0 Å². The van der Waals surface area contributed by atoms with E-state index in [4.69, 9.17) is 18.9 Å². The third-order valence-electron chi connectivity index (χ3n) is 12.9. The second-order valence-electron chi connectivity index (χ2n) is 18.3. The van der Waals surface area contributed by atoms with Gasteiger partial charge in [-0.1, -0.05) is 121 Å². The van der Waals surface area contributed by atoms with Gasteiger partial charge >= 0.3 is 11.9 Å². The summed E-state index contributed by atoms with van der Waals surface area (Å²) in [6.45, 7) is 2.63. The minimum absolute atomic E-state index is 0.129. The lowest BCUT2D eigenvalue weighted by atomic mass is 9.79. The number of rotatable bonds is 18. The quantitative estimate of drug-likeness (QED) is 0.0624. The largest absolute Gasteiger partial charge is 0.489 e. The van der Waals surface area contributed by atoms with Crippen molar-refractivity contribution in [3.05, 3.63) is 191 Å². The summed E-state index contributed by atoms with van der Waals surface area (Å²) in [5.41, 5.74) is 11.1. The Morgan fingerprint density at radius 2 is 0.879 bits per heavy atom. The summed E-state index contributed by atoms with van der Waals surface area (Å²) < 4.78 is 25.0. The van der Waals surface area contributed by atoms with Gasteiger partial charge in [-0.25, -0.2) is 9.59 Å². The number of ether oxygens (including phenoxy) is 4. The van der Waals surface area contributed by atoms with E-state index >= 15 is 0 Å². The van der Waals surface area contributed by atoms with E-state index < -0.39 is 24.1 Å². The summed E-state index contributed by atoms with van der Waals surface area (Å²) >= 11 is 0. The molecule has 8 nitrogen and oxygen atoms in total. The van der Waals surface area contributed by atoms with Crippen molar-refractivity contribution in [1.82, 2.24) is 9.80 Å². The number of hydrogen-bond donors (Lipinski definition) is 0. The zero-order chi connectivity index (χ0) is 45.8. The number of hydrogen-bond acceptors (Lipinski definition) is 8. The van der Waals surface area contributed by atoms with Crippen LogP contribution in [0, 0.1) is 11.8 Å². The number of aryl methyl sites for hydroxylation is 2. The molecular weight excluding hydrogens is 821 g/mol. The lowest BCUT2D eigenvalue weighted by Crippen LogP contribution is -2.28. The predicted octanol–water partition coefficient (Wildman–Crippen LogP) is 11.6. The van der Waals surface area contributed by atoms with Crippen LogP contribution in [0.15, 0.2) is 158 Å². The van der Waals surface area contributed by atoms with Gasteiger partial charge < -0.3 is 28.7 Å². The molecule has 8 heteroatoms. The maximum atomic E-state index is 13.6. The van der Waals surface area contributed by atoms with Gasteiger partial charge in [-0.15, -0.1) is 0 Å². The first kappa shape index (κ1) is 46.1. The van der Waals surface area contributed by atoms with Crippen LogP contribution in [-0.2, 0) is 45.1 Å². The van der Waals surface area contributed by atoms with Crippen LogP contribution in [0.2, 0.25) is 0 Å². The first-order valence-electron chi connectivity index (χ1n) is 23.3. The average molecular weight is 883 g/mol. The van der Waals surface area contributed by atoms with Gasteiger partial charge in [0.2, 0.25) is 0 Å². The van der Waals surface area contributed by atoms with E-state index in [1.54, 1.807) is 0 Å². The van der Waals surface area contributed by atoms with E-state index in [2.05, 4.69) is 123 Å². The second kappa shape index (κ2) is 22.1. The molecular formula is C58H62N2O6. The van der Waals surface area contributed by atoms with E-state index in [0.29, 0.717) is 13.2 Å². The first-order valence-corrected chi connectivity index (χ1v) is 23.3. The number of nitrogens with zero attached hydrogens (tertiary/aromatic N) is 2. The molecule has 0 heterocycles. The lowest BCUT2D eigenvalue weighted by Gasteiger charge is -2.34. The molecule has 8 rings (SSSR count). The van der Waals surface area contributed by atoms with Crippen molar-refractivity contribution in [2.45, 2.75) is 63.9 Å². The van der Waals surface area contributed by atoms with Gasteiger partial charge in [0.15, 0.2) is 0 Å². The van der Waals surface area contributed by atoms with Crippen LogP contribution in [-0.4, -0.2) is 63.0 Å². The number of carbonyl (C=O) groups excluding carboxylic acids is 2. The molecule has 340 valence electrons. The average Bonchev–Trinajstić information content (AvgIpc) is 3.34. The van der Waals surface area contributed by atoms with E-state index in [0.717, 1.165) is 96.5 Å². The summed E-state index contributed by atoms with van der Waals surface area (Å²) in [6.07, 6.45) is 6.76. The third-order valence-corrected chi connectivity index (χ3v) is 12.9. The van der Waals surface area contributed by atoms with Crippen molar-refractivity contribution in [2.75, 3.05) is 41.3 Å². The van der Waals surface area contributed by atoms with E-state index in [-0.39, 0.29) is 11.8 Å². The van der Waals surface area contributed by atoms with Crippen LogP contribution in [0.1, 0.15) is 71.3 Å². The van der Waals surface area contributed by atoms with Gasteiger partial charge in [-0.2, -0.15) is 0 Å². The molecule has 0 fully saturated rings. The fourth-order valence-electron chi connectivity index (χ4n) is 9.23. The highest BCUT2D eigenvalue weighted by molar-refractivity contribution is 5.92. The van der Waals surface area contributed by atoms with Crippen molar-refractivity contribution in [3.63, 3.8) is 0 Å². The Hall–Kier alpha value is -6.48. The molecule has 0 amide bonds. The van der Waals surface area contributed by atoms with Gasteiger partial charge in [0.25, 0.3) is 0 Å². The van der Waals surface area contributed by atoms with Crippen LogP contribution in [0.3, 0.4) is 0 Å². The summed E-state index contributed by atoms with van der Waals surface area (Å²) in [5.74, 6) is 0.686. The van der Waals surface area contributed by atoms with Gasteiger partial charge in [0.05, 0.1) is 0 Å². The normalized spacial score (nSPS) is 17.8. The van der Waals surface area contributed by atoms with Crippen molar-refractivity contribution >= 4 is 11.9 Å². The summed E-state index contributed by atoms with van der Waals surface area (Å²) in [6, 6.07) is 49.8. The molecule has 0 N–H and O–H groups in total. The molecule has 2 aliphatic carbocycles. The molecule has 6 aromatic rings. The summed E-state index contributed by atoms with van der Waals surface area (Å²) in [5, 5.41) is 0. The van der Waals surface area contributed by atoms with Crippen molar-refractivity contribution in [2.24, 2.45) is 11.8 Å². The zero-order valence-corrected chi connectivity index (χ0v) is 38.7. The van der Waals surface area contributed by atoms with E-state index in [1.165, 1.54) is 34.4 Å². The monoisotopic (exact) mass is 882 g/mol. The molecule has 0 bridgehead atoms. The van der Waals surface area contributed by atoms with Crippen molar-refractivity contribution < 1.29 is 28.5 Å². The number of fused-ring (bicyclic) bond motifs is 2. The second-order valence-corrected chi connectivity index (χ2v) is 18.3. The Balaban J connectivity index is 0.907. The fourth-order valence-corrected chi connectivity index (χ4v) is 9.23. The third kappa shape index (κ3) is 12.2. The highest BCUT2D eigenvalue weighted by Crippen LogP contribution is 2.42. The maximum absolute atomic E-state index is 13.6. The van der Waals surface area contributed by atoms with Crippen LogP contribution in [0.4, 0.5) is 0 Å².